The van der Waals surface area contributed by atoms with E-state index in [2.05, 4.69) is 33.2 Å². The van der Waals surface area contributed by atoms with Crippen molar-refractivity contribution in [2.24, 2.45) is 7.05 Å². The number of aromatic nitrogens is 3. The molecule has 0 saturated carbocycles. The molecule has 2 aromatic heterocycles. The fraction of sp³-hybridized carbons (Fsp3) is 0.375. The summed E-state index contributed by atoms with van der Waals surface area (Å²) in [5.74, 6) is 0.880. The normalized spacial score (nSPS) is 16.3. The highest BCUT2D eigenvalue weighted by Crippen LogP contribution is 2.35. The Bertz CT molecular complexity index is 843. The largest absolute Gasteiger partial charge is 0.396 e. The van der Waals surface area contributed by atoms with Gasteiger partial charge in [-0.05, 0) is 24.7 Å². The van der Waals surface area contributed by atoms with Crippen LogP contribution >= 0.6 is 0 Å². The highest BCUT2D eigenvalue weighted by molar-refractivity contribution is 5.99. The molecule has 0 aliphatic carbocycles. The van der Waals surface area contributed by atoms with Crippen LogP contribution in [0.1, 0.15) is 0 Å². The van der Waals surface area contributed by atoms with Gasteiger partial charge in [-0.1, -0.05) is 5.16 Å². The number of rotatable bonds is 2. The van der Waals surface area contributed by atoms with Crippen molar-refractivity contribution >= 4 is 22.5 Å². The molecule has 7 nitrogen and oxygen atoms in total. The fourth-order valence-electron chi connectivity index (χ4n) is 3.04. The molecule has 1 fully saturated rings. The Balaban J connectivity index is 1.79. The van der Waals surface area contributed by atoms with E-state index in [1.54, 1.807) is 4.68 Å². The molecular formula is C16H20N6O. The minimum absolute atomic E-state index is 0.606. The lowest BCUT2D eigenvalue weighted by molar-refractivity contribution is 0.310. The maximum atomic E-state index is 6.18. The van der Waals surface area contributed by atoms with Crippen LogP contribution in [0.5, 0.6) is 0 Å². The monoisotopic (exact) mass is 312 g/mol. The molecule has 1 saturated heterocycles. The maximum absolute atomic E-state index is 6.18. The second-order valence-electron chi connectivity index (χ2n) is 6.14. The molecule has 4 rings (SSSR count). The van der Waals surface area contributed by atoms with Crippen molar-refractivity contribution in [1.82, 2.24) is 19.8 Å². The van der Waals surface area contributed by atoms with E-state index in [-0.39, 0.29) is 0 Å². The Morgan fingerprint density at radius 1 is 1.09 bits per heavy atom. The summed E-state index contributed by atoms with van der Waals surface area (Å²) >= 11 is 0. The van der Waals surface area contributed by atoms with E-state index >= 15 is 0 Å². The second-order valence-corrected chi connectivity index (χ2v) is 6.14. The Morgan fingerprint density at radius 3 is 2.57 bits per heavy atom. The number of aryl methyl sites for hydroxylation is 1. The van der Waals surface area contributed by atoms with Gasteiger partial charge in [-0.3, -0.25) is 4.68 Å². The van der Waals surface area contributed by atoms with Gasteiger partial charge >= 0.3 is 0 Å². The minimum atomic E-state index is 0.606. The van der Waals surface area contributed by atoms with Gasteiger partial charge in [0.05, 0.1) is 17.3 Å². The molecule has 2 N–H and O–H groups in total. The molecule has 0 atom stereocenters. The van der Waals surface area contributed by atoms with Crippen LogP contribution in [0.3, 0.4) is 0 Å². The van der Waals surface area contributed by atoms with Crippen molar-refractivity contribution in [2.45, 2.75) is 0 Å². The Morgan fingerprint density at radius 2 is 1.87 bits per heavy atom. The number of piperazine rings is 1. The summed E-state index contributed by atoms with van der Waals surface area (Å²) in [4.78, 5) is 4.58. The van der Waals surface area contributed by atoms with E-state index in [0.29, 0.717) is 11.3 Å². The summed E-state index contributed by atoms with van der Waals surface area (Å²) in [5, 5.41) is 9.47. The van der Waals surface area contributed by atoms with E-state index < -0.39 is 0 Å². The van der Waals surface area contributed by atoms with Gasteiger partial charge in [-0.25, -0.2) is 0 Å². The molecule has 1 aliphatic heterocycles. The first kappa shape index (κ1) is 14.1. The van der Waals surface area contributed by atoms with Crippen molar-refractivity contribution in [3.05, 3.63) is 24.5 Å². The quantitative estimate of drug-likeness (QED) is 0.724. The molecule has 1 aromatic carbocycles. The van der Waals surface area contributed by atoms with Gasteiger partial charge < -0.3 is 20.1 Å². The van der Waals surface area contributed by atoms with E-state index in [0.717, 1.165) is 48.5 Å². The molecule has 3 aromatic rings. The summed E-state index contributed by atoms with van der Waals surface area (Å²) in [5.41, 5.74) is 9.51. The number of benzene rings is 1. The summed E-state index contributed by atoms with van der Waals surface area (Å²) in [6, 6.07) is 4.01. The number of nitrogens with two attached hydrogens (primary N) is 1. The zero-order valence-corrected chi connectivity index (χ0v) is 13.4. The highest BCUT2D eigenvalue weighted by Gasteiger charge is 2.21. The SMILES string of the molecule is CN1CCN(c2noc3c(N)cc(-c4cnn(C)c4)cc23)CC1. The molecular weight excluding hydrogens is 292 g/mol. The van der Waals surface area contributed by atoms with Crippen molar-refractivity contribution in [3.63, 3.8) is 0 Å². The van der Waals surface area contributed by atoms with Gasteiger partial charge in [0.1, 0.15) is 0 Å². The smallest absolute Gasteiger partial charge is 0.191 e. The molecule has 0 amide bonds. The third-order valence-corrected chi connectivity index (χ3v) is 4.42. The number of fused-ring (bicyclic) bond motifs is 1. The first-order valence-corrected chi connectivity index (χ1v) is 7.73. The van der Waals surface area contributed by atoms with Crippen LogP contribution in [-0.2, 0) is 7.05 Å². The van der Waals surface area contributed by atoms with Gasteiger partial charge in [-0.15, -0.1) is 0 Å². The highest BCUT2D eigenvalue weighted by atomic mass is 16.5. The van der Waals surface area contributed by atoms with Crippen LogP contribution < -0.4 is 10.6 Å². The number of likely N-dealkylation sites (N-methyl/N-ethyl adjacent to an activating group) is 1. The van der Waals surface area contributed by atoms with Crippen LogP contribution in [0, 0.1) is 0 Å². The average molecular weight is 312 g/mol. The molecule has 3 heterocycles. The van der Waals surface area contributed by atoms with Gasteiger partial charge in [0, 0.05) is 45.0 Å². The first-order valence-electron chi connectivity index (χ1n) is 7.73. The Labute approximate surface area is 134 Å². The van der Waals surface area contributed by atoms with Crippen molar-refractivity contribution in [2.75, 3.05) is 43.9 Å². The van der Waals surface area contributed by atoms with Crippen molar-refractivity contribution < 1.29 is 4.52 Å². The van der Waals surface area contributed by atoms with Crippen LogP contribution in [-0.4, -0.2) is 53.1 Å². The Kier molecular flexibility index (Phi) is 3.23. The van der Waals surface area contributed by atoms with Crippen LogP contribution in [0.4, 0.5) is 11.5 Å². The van der Waals surface area contributed by atoms with Crippen LogP contribution in [0.2, 0.25) is 0 Å². The van der Waals surface area contributed by atoms with E-state index in [4.69, 9.17) is 10.3 Å². The molecule has 0 radical (unpaired) electrons. The molecule has 7 heteroatoms. The molecule has 0 bridgehead atoms. The number of nitrogen functional groups attached to an aromatic ring is 1. The summed E-state index contributed by atoms with van der Waals surface area (Å²) < 4.78 is 7.29. The van der Waals surface area contributed by atoms with Gasteiger partial charge in [-0.2, -0.15) is 5.10 Å². The molecule has 1 aliphatic rings. The zero-order chi connectivity index (χ0) is 16.0. The first-order chi connectivity index (χ1) is 11.1. The lowest BCUT2D eigenvalue weighted by Crippen LogP contribution is -2.44. The molecule has 0 unspecified atom stereocenters. The average Bonchev–Trinajstić information content (AvgIpc) is 3.15. The molecule has 23 heavy (non-hydrogen) atoms. The van der Waals surface area contributed by atoms with Crippen LogP contribution in [0.25, 0.3) is 22.1 Å². The molecule has 120 valence electrons. The maximum Gasteiger partial charge on any atom is 0.191 e. The summed E-state index contributed by atoms with van der Waals surface area (Å²) in [6.07, 6.45) is 3.81. The summed E-state index contributed by atoms with van der Waals surface area (Å²) in [7, 11) is 4.04. The number of anilines is 2. The number of nitrogens with zero attached hydrogens (tertiary/aromatic N) is 5. The second kappa shape index (κ2) is 5.27. The number of hydrogen-bond donors (Lipinski definition) is 1. The van der Waals surface area contributed by atoms with Gasteiger partial charge in [0.15, 0.2) is 11.4 Å². The van der Waals surface area contributed by atoms with Crippen molar-refractivity contribution in [1.29, 1.82) is 0 Å². The standard InChI is InChI=1S/C16H20N6O/c1-20-3-5-22(6-4-20)16-13-7-11(12-9-18-21(2)10-12)8-14(17)15(13)23-19-16/h7-10H,3-6,17H2,1-2H3. The predicted octanol–water partition coefficient (Wildman–Crippen LogP) is 1.56. The third kappa shape index (κ3) is 2.43. The minimum Gasteiger partial charge on any atom is -0.396 e. The fourth-order valence-corrected chi connectivity index (χ4v) is 3.04. The molecule has 0 spiro atoms. The van der Waals surface area contributed by atoms with Gasteiger partial charge in [0.2, 0.25) is 0 Å². The lowest BCUT2D eigenvalue weighted by Gasteiger charge is -2.32. The van der Waals surface area contributed by atoms with Crippen molar-refractivity contribution in [3.8, 4) is 11.1 Å². The topological polar surface area (TPSA) is 76.3 Å². The number of hydrogen-bond acceptors (Lipinski definition) is 6. The zero-order valence-electron chi connectivity index (χ0n) is 13.4. The predicted molar refractivity (Wildman–Crippen MR) is 90.3 cm³/mol. The van der Waals surface area contributed by atoms with E-state index in [1.807, 2.05) is 25.5 Å². The Hall–Kier alpha value is -2.54. The third-order valence-electron chi connectivity index (χ3n) is 4.42. The van der Waals surface area contributed by atoms with E-state index in [9.17, 15) is 0 Å². The summed E-state index contributed by atoms with van der Waals surface area (Å²) in [6.45, 7) is 3.92. The van der Waals surface area contributed by atoms with Gasteiger partial charge in [0.25, 0.3) is 0 Å². The van der Waals surface area contributed by atoms with Crippen LogP contribution in [0.15, 0.2) is 29.0 Å². The lowest BCUT2D eigenvalue weighted by atomic mass is 10.1. The van der Waals surface area contributed by atoms with E-state index in [1.165, 1.54) is 0 Å².